The Balaban J connectivity index is 1.86. The zero-order valence-electron chi connectivity index (χ0n) is 16.8. The van der Waals surface area contributed by atoms with Crippen molar-refractivity contribution in [2.75, 3.05) is 26.7 Å². The first-order valence-corrected chi connectivity index (χ1v) is 10.8. The number of aryl methyl sites for hydroxylation is 1. The Morgan fingerprint density at radius 1 is 1.30 bits per heavy atom. The van der Waals surface area contributed by atoms with Crippen LogP contribution in [-0.4, -0.2) is 36.5 Å². The summed E-state index contributed by atoms with van der Waals surface area (Å²) in [4.78, 5) is 4.91. The van der Waals surface area contributed by atoms with Gasteiger partial charge in [0.05, 0.1) is 6.04 Å². The van der Waals surface area contributed by atoms with Gasteiger partial charge in [0, 0.05) is 37.6 Å². The highest BCUT2D eigenvalue weighted by Crippen LogP contribution is 2.35. The molecule has 0 amide bonds. The summed E-state index contributed by atoms with van der Waals surface area (Å²) in [7, 11) is 2.12. The maximum atomic E-state index is 6.32. The van der Waals surface area contributed by atoms with Crippen LogP contribution in [0.4, 0.5) is 0 Å². The van der Waals surface area contributed by atoms with Gasteiger partial charge in [0.25, 0.3) is 0 Å². The summed E-state index contributed by atoms with van der Waals surface area (Å²) in [5, 5.41) is 0.861. The molecule has 2 atom stereocenters. The third kappa shape index (κ3) is 5.30. The molecule has 0 aromatic heterocycles. The standard InChI is InChI=1S/C23H34ClN3/c1-3-18-6-4-8-20-15-21(24)9-10-22(20)23(14-18)27-12-5-7-19(17-27)16-26(2)13-11-25/h9-11,13-15,19,23H,3-8,12,16-17,25H2,1-2H3/b13-11-,18-14-. The zero-order valence-corrected chi connectivity index (χ0v) is 17.6. The molecule has 2 unspecified atom stereocenters. The summed E-state index contributed by atoms with van der Waals surface area (Å²) in [6.07, 6.45) is 13.4. The average molecular weight is 388 g/mol. The van der Waals surface area contributed by atoms with E-state index in [-0.39, 0.29) is 0 Å². The van der Waals surface area contributed by atoms with E-state index in [4.69, 9.17) is 17.3 Å². The van der Waals surface area contributed by atoms with Crippen LogP contribution in [0.3, 0.4) is 0 Å². The Hall–Kier alpha value is -1.45. The molecule has 1 aliphatic carbocycles. The number of piperidine rings is 1. The first kappa shape index (κ1) is 20.3. The van der Waals surface area contributed by atoms with Crippen molar-refractivity contribution >= 4 is 11.6 Å². The van der Waals surface area contributed by atoms with E-state index in [1.165, 1.54) is 43.4 Å². The Morgan fingerprint density at radius 3 is 2.93 bits per heavy atom. The van der Waals surface area contributed by atoms with E-state index in [9.17, 15) is 0 Å². The van der Waals surface area contributed by atoms with Crippen molar-refractivity contribution in [3.63, 3.8) is 0 Å². The number of fused-ring (bicyclic) bond motifs is 1. The van der Waals surface area contributed by atoms with E-state index in [1.807, 2.05) is 6.20 Å². The van der Waals surface area contributed by atoms with Gasteiger partial charge < -0.3 is 10.6 Å². The fraction of sp³-hybridized carbons (Fsp3) is 0.565. The fourth-order valence-corrected chi connectivity index (χ4v) is 4.89. The van der Waals surface area contributed by atoms with E-state index in [0.717, 1.165) is 31.0 Å². The van der Waals surface area contributed by atoms with Gasteiger partial charge in [0.1, 0.15) is 0 Å². The maximum absolute atomic E-state index is 6.32. The van der Waals surface area contributed by atoms with Crippen molar-refractivity contribution in [3.05, 3.63) is 58.4 Å². The van der Waals surface area contributed by atoms with Crippen molar-refractivity contribution in [1.29, 1.82) is 0 Å². The molecule has 148 valence electrons. The molecule has 0 spiro atoms. The summed E-state index contributed by atoms with van der Waals surface area (Å²) in [6, 6.07) is 6.90. The summed E-state index contributed by atoms with van der Waals surface area (Å²) in [5.74, 6) is 0.680. The first-order valence-electron chi connectivity index (χ1n) is 10.4. The van der Waals surface area contributed by atoms with Gasteiger partial charge in [-0.25, -0.2) is 0 Å². The van der Waals surface area contributed by atoms with Crippen LogP contribution in [0.2, 0.25) is 5.02 Å². The van der Waals surface area contributed by atoms with E-state index in [2.05, 4.69) is 48.0 Å². The lowest BCUT2D eigenvalue weighted by Gasteiger charge is -2.40. The third-order valence-corrected chi connectivity index (χ3v) is 6.28. The second kappa shape index (κ2) is 9.66. The molecular weight excluding hydrogens is 354 g/mol. The molecule has 3 nitrogen and oxygen atoms in total. The minimum absolute atomic E-state index is 0.380. The molecular formula is C23H34ClN3. The van der Waals surface area contributed by atoms with Gasteiger partial charge in [0.2, 0.25) is 0 Å². The molecule has 0 radical (unpaired) electrons. The van der Waals surface area contributed by atoms with Crippen LogP contribution in [-0.2, 0) is 6.42 Å². The number of allylic oxidation sites excluding steroid dienone is 1. The lowest BCUT2D eigenvalue weighted by Crippen LogP contribution is -2.41. The van der Waals surface area contributed by atoms with Gasteiger partial charge in [-0.15, -0.1) is 0 Å². The van der Waals surface area contributed by atoms with Gasteiger partial charge in [-0.1, -0.05) is 36.2 Å². The van der Waals surface area contributed by atoms with Gasteiger partial charge in [-0.3, -0.25) is 4.90 Å². The van der Waals surface area contributed by atoms with E-state index < -0.39 is 0 Å². The average Bonchev–Trinajstić information content (AvgIpc) is 2.63. The molecule has 2 aliphatic rings. The minimum atomic E-state index is 0.380. The molecule has 1 aliphatic heterocycles. The lowest BCUT2D eigenvalue weighted by atomic mass is 9.87. The molecule has 4 heteroatoms. The van der Waals surface area contributed by atoms with Crippen molar-refractivity contribution in [2.45, 2.75) is 51.5 Å². The highest BCUT2D eigenvalue weighted by Gasteiger charge is 2.28. The van der Waals surface area contributed by atoms with Crippen molar-refractivity contribution < 1.29 is 0 Å². The highest BCUT2D eigenvalue weighted by molar-refractivity contribution is 6.30. The van der Waals surface area contributed by atoms with E-state index in [1.54, 1.807) is 11.8 Å². The van der Waals surface area contributed by atoms with Crippen LogP contribution in [0.1, 0.15) is 56.2 Å². The van der Waals surface area contributed by atoms with Crippen molar-refractivity contribution in [2.24, 2.45) is 11.7 Å². The maximum Gasteiger partial charge on any atom is 0.0536 e. The minimum Gasteiger partial charge on any atom is -0.403 e. The summed E-state index contributed by atoms with van der Waals surface area (Å²) < 4.78 is 0. The zero-order chi connectivity index (χ0) is 19.2. The summed E-state index contributed by atoms with van der Waals surface area (Å²) in [6.45, 7) is 5.67. The lowest BCUT2D eigenvalue weighted by molar-refractivity contribution is 0.129. The third-order valence-electron chi connectivity index (χ3n) is 6.05. The predicted molar refractivity (Wildman–Crippen MR) is 116 cm³/mol. The molecule has 0 bridgehead atoms. The Labute approximate surface area is 169 Å². The fourth-order valence-electron chi connectivity index (χ4n) is 4.69. The summed E-state index contributed by atoms with van der Waals surface area (Å²) >= 11 is 6.32. The SMILES string of the molecule is CC/C1=C/C(N2CCCC(CN(C)/C=C\N)C2)c2ccc(Cl)cc2CCC1. The number of likely N-dealkylation sites (tertiary alicyclic amines) is 1. The normalized spacial score (nSPS) is 26.1. The number of hydrogen-bond acceptors (Lipinski definition) is 3. The number of nitrogens with two attached hydrogens (primary N) is 1. The van der Waals surface area contributed by atoms with Crippen LogP contribution < -0.4 is 5.73 Å². The van der Waals surface area contributed by atoms with Crippen LogP contribution in [0.5, 0.6) is 0 Å². The van der Waals surface area contributed by atoms with Gasteiger partial charge in [-0.2, -0.15) is 0 Å². The first-order chi connectivity index (χ1) is 13.1. The quantitative estimate of drug-likeness (QED) is 0.711. The molecule has 1 fully saturated rings. The molecule has 0 saturated carbocycles. The van der Waals surface area contributed by atoms with Gasteiger partial charge >= 0.3 is 0 Å². The molecule has 2 N–H and O–H groups in total. The Morgan fingerprint density at radius 2 is 2.15 bits per heavy atom. The van der Waals surface area contributed by atoms with Crippen LogP contribution in [0.15, 0.2) is 42.2 Å². The smallest absolute Gasteiger partial charge is 0.0536 e. The molecule has 1 aromatic rings. The highest BCUT2D eigenvalue weighted by atomic mass is 35.5. The van der Waals surface area contributed by atoms with Crippen LogP contribution in [0, 0.1) is 5.92 Å². The number of halogens is 1. The molecule has 27 heavy (non-hydrogen) atoms. The number of nitrogens with zero attached hydrogens (tertiary/aromatic N) is 2. The van der Waals surface area contributed by atoms with Gasteiger partial charge in [0.15, 0.2) is 0 Å². The second-order valence-electron chi connectivity index (χ2n) is 8.10. The van der Waals surface area contributed by atoms with Gasteiger partial charge in [-0.05, 0) is 74.2 Å². The summed E-state index contributed by atoms with van der Waals surface area (Å²) in [5.41, 5.74) is 10.1. The van der Waals surface area contributed by atoms with E-state index >= 15 is 0 Å². The molecule has 3 rings (SSSR count). The second-order valence-corrected chi connectivity index (χ2v) is 8.54. The monoisotopic (exact) mass is 387 g/mol. The van der Waals surface area contributed by atoms with Crippen molar-refractivity contribution in [3.8, 4) is 0 Å². The molecule has 1 aromatic carbocycles. The number of hydrogen-bond donors (Lipinski definition) is 1. The Bertz CT molecular complexity index is 682. The molecule has 1 saturated heterocycles. The number of benzene rings is 1. The van der Waals surface area contributed by atoms with Crippen molar-refractivity contribution in [1.82, 2.24) is 9.80 Å². The predicted octanol–water partition coefficient (Wildman–Crippen LogP) is 5.13. The topological polar surface area (TPSA) is 32.5 Å². The van der Waals surface area contributed by atoms with E-state index in [0.29, 0.717) is 12.0 Å². The molecule has 1 heterocycles. The number of rotatable bonds is 5. The largest absolute Gasteiger partial charge is 0.403 e. The Kier molecular flexibility index (Phi) is 7.26. The van der Waals surface area contributed by atoms with Crippen LogP contribution >= 0.6 is 11.6 Å². The van der Waals surface area contributed by atoms with Crippen LogP contribution in [0.25, 0.3) is 0 Å².